The molecule has 2 N–H and O–H groups in total. The van der Waals surface area contributed by atoms with Crippen LogP contribution in [0.4, 0.5) is 0 Å². The lowest BCUT2D eigenvalue weighted by molar-refractivity contribution is 0.241. The molecule has 0 bridgehead atoms. The molecule has 18 heavy (non-hydrogen) atoms. The van der Waals surface area contributed by atoms with Crippen LogP contribution in [-0.4, -0.2) is 29.1 Å². The molecular formula is C15H27N3. The molecule has 0 aliphatic heterocycles. The van der Waals surface area contributed by atoms with Crippen molar-refractivity contribution in [1.82, 2.24) is 9.47 Å². The molecule has 3 nitrogen and oxygen atoms in total. The SMILES string of the molecule is CCC(C)N(C)CCn1ccc2c1CCCC2N. The number of likely N-dealkylation sites (N-methyl/N-ethyl adjacent to an activating group) is 1. The van der Waals surface area contributed by atoms with E-state index in [0.717, 1.165) is 19.5 Å². The van der Waals surface area contributed by atoms with Crippen LogP contribution in [0.15, 0.2) is 12.3 Å². The molecule has 1 heterocycles. The van der Waals surface area contributed by atoms with E-state index >= 15 is 0 Å². The molecule has 1 aromatic rings. The largest absolute Gasteiger partial charge is 0.350 e. The minimum atomic E-state index is 0.266. The molecule has 0 fully saturated rings. The maximum absolute atomic E-state index is 6.16. The van der Waals surface area contributed by atoms with Crippen molar-refractivity contribution in [2.75, 3.05) is 13.6 Å². The van der Waals surface area contributed by atoms with E-state index in [1.165, 1.54) is 30.5 Å². The number of hydrogen-bond donors (Lipinski definition) is 1. The second-order valence-corrected chi connectivity index (χ2v) is 5.65. The van der Waals surface area contributed by atoms with Gasteiger partial charge in [-0.1, -0.05) is 6.92 Å². The van der Waals surface area contributed by atoms with Crippen LogP contribution in [-0.2, 0) is 13.0 Å². The Kier molecular flexibility index (Phi) is 4.46. The van der Waals surface area contributed by atoms with Crippen molar-refractivity contribution in [2.24, 2.45) is 5.73 Å². The number of rotatable bonds is 5. The highest BCUT2D eigenvalue weighted by atomic mass is 15.1. The molecule has 102 valence electrons. The minimum Gasteiger partial charge on any atom is -0.350 e. The van der Waals surface area contributed by atoms with Gasteiger partial charge < -0.3 is 15.2 Å². The van der Waals surface area contributed by atoms with Crippen LogP contribution in [0.1, 0.15) is 50.4 Å². The van der Waals surface area contributed by atoms with Gasteiger partial charge >= 0.3 is 0 Å². The first-order chi connectivity index (χ1) is 8.63. The van der Waals surface area contributed by atoms with Crippen LogP contribution in [0, 0.1) is 0 Å². The first-order valence-electron chi connectivity index (χ1n) is 7.27. The maximum atomic E-state index is 6.16. The molecule has 0 radical (unpaired) electrons. The molecular weight excluding hydrogens is 222 g/mol. The zero-order valence-corrected chi connectivity index (χ0v) is 12.0. The van der Waals surface area contributed by atoms with Crippen molar-refractivity contribution in [3.8, 4) is 0 Å². The third kappa shape index (κ3) is 2.78. The van der Waals surface area contributed by atoms with Crippen molar-refractivity contribution in [3.05, 3.63) is 23.5 Å². The molecule has 2 unspecified atom stereocenters. The predicted molar refractivity (Wildman–Crippen MR) is 76.7 cm³/mol. The van der Waals surface area contributed by atoms with Gasteiger partial charge in [0.25, 0.3) is 0 Å². The molecule has 1 aliphatic carbocycles. The molecule has 1 aromatic heterocycles. The maximum Gasteiger partial charge on any atom is 0.0350 e. The zero-order valence-electron chi connectivity index (χ0n) is 12.0. The number of aromatic nitrogens is 1. The Morgan fingerprint density at radius 2 is 2.33 bits per heavy atom. The number of nitrogens with zero attached hydrogens (tertiary/aromatic N) is 2. The number of hydrogen-bond acceptors (Lipinski definition) is 2. The molecule has 0 aromatic carbocycles. The van der Waals surface area contributed by atoms with Gasteiger partial charge in [0.05, 0.1) is 0 Å². The van der Waals surface area contributed by atoms with Gasteiger partial charge in [-0.15, -0.1) is 0 Å². The highest BCUT2D eigenvalue weighted by Crippen LogP contribution is 2.28. The smallest absolute Gasteiger partial charge is 0.0350 e. The summed E-state index contributed by atoms with van der Waals surface area (Å²) in [7, 11) is 2.22. The fourth-order valence-corrected chi connectivity index (χ4v) is 2.80. The van der Waals surface area contributed by atoms with E-state index in [2.05, 4.69) is 42.6 Å². The van der Waals surface area contributed by atoms with Gasteiger partial charge in [-0.3, -0.25) is 0 Å². The highest BCUT2D eigenvalue weighted by Gasteiger charge is 2.20. The fraction of sp³-hybridized carbons (Fsp3) is 0.733. The Bertz CT molecular complexity index is 383. The van der Waals surface area contributed by atoms with E-state index < -0.39 is 0 Å². The van der Waals surface area contributed by atoms with E-state index in [4.69, 9.17) is 5.73 Å². The summed E-state index contributed by atoms with van der Waals surface area (Å²) in [5, 5.41) is 0. The summed E-state index contributed by atoms with van der Waals surface area (Å²) in [5.74, 6) is 0. The Labute approximate surface area is 111 Å². The number of fused-ring (bicyclic) bond motifs is 1. The van der Waals surface area contributed by atoms with E-state index in [0.29, 0.717) is 6.04 Å². The van der Waals surface area contributed by atoms with Gasteiger partial charge in [0, 0.05) is 37.1 Å². The first kappa shape index (κ1) is 13.6. The van der Waals surface area contributed by atoms with Gasteiger partial charge in [0.1, 0.15) is 0 Å². The highest BCUT2D eigenvalue weighted by molar-refractivity contribution is 5.28. The number of nitrogens with two attached hydrogens (primary N) is 1. The van der Waals surface area contributed by atoms with Crippen LogP contribution in [0.5, 0.6) is 0 Å². The lowest BCUT2D eigenvalue weighted by Gasteiger charge is -2.25. The molecule has 0 saturated carbocycles. The Morgan fingerprint density at radius 1 is 1.56 bits per heavy atom. The molecule has 0 saturated heterocycles. The molecule has 0 amide bonds. The lowest BCUT2D eigenvalue weighted by atomic mass is 9.94. The van der Waals surface area contributed by atoms with E-state index in [1.54, 1.807) is 0 Å². The third-order valence-electron chi connectivity index (χ3n) is 4.48. The van der Waals surface area contributed by atoms with Crippen LogP contribution < -0.4 is 5.73 Å². The second-order valence-electron chi connectivity index (χ2n) is 5.65. The first-order valence-corrected chi connectivity index (χ1v) is 7.27. The monoisotopic (exact) mass is 249 g/mol. The van der Waals surface area contributed by atoms with E-state index in [9.17, 15) is 0 Å². The van der Waals surface area contributed by atoms with Gasteiger partial charge in [-0.05, 0) is 51.3 Å². The summed E-state index contributed by atoms with van der Waals surface area (Å²) in [4.78, 5) is 2.44. The van der Waals surface area contributed by atoms with Crippen LogP contribution in [0.3, 0.4) is 0 Å². The van der Waals surface area contributed by atoms with E-state index in [-0.39, 0.29) is 6.04 Å². The minimum absolute atomic E-state index is 0.266. The quantitative estimate of drug-likeness (QED) is 0.870. The zero-order chi connectivity index (χ0) is 13.1. The van der Waals surface area contributed by atoms with Crippen LogP contribution in [0.2, 0.25) is 0 Å². The normalized spacial score (nSPS) is 21.1. The van der Waals surface area contributed by atoms with Crippen molar-refractivity contribution in [1.29, 1.82) is 0 Å². The van der Waals surface area contributed by atoms with Crippen molar-refractivity contribution in [3.63, 3.8) is 0 Å². The van der Waals surface area contributed by atoms with Crippen molar-refractivity contribution >= 4 is 0 Å². The van der Waals surface area contributed by atoms with Gasteiger partial charge in [0.15, 0.2) is 0 Å². The van der Waals surface area contributed by atoms with Gasteiger partial charge in [-0.25, -0.2) is 0 Å². The summed E-state index contributed by atoms with van der Waals surface area (Å²) in [6.45, 7) is 6.74. The summed E-state index contributed by atoms with van der Waals surface area (Å²) >= 11 is 0. The lowest BCUT2D eigenvalue weighted by Crippen LogP contribution is -2.31. The summed E-state index contributed by atoms with van der Waals surface area (Å²) in [5.41, 5.74) is 9.02. The van der Waals surface area contributed by atoms with Crippen molar-refractivity contribution in [2.45, 2.75) is 58.2 Å². The topological polar surface area (TPSA) is 34.2 Å². The average molecular weight is 249 g/mol. The second kappa shape index (κ2) is 5.89. The Hall–Kier alpha value is -0.800. The summed E-state index contributed by atoms with van der Waals surface area (Å²) in [6.07, 6.45) is 7.01. The average Bonchev–Trinajstić information content (AvgIpc) is 2.79. The van der Waals surface area contributed by atoms with E-state index in [1.807, 2.05) is 0 Å². The molecule has 2 atom stereocenters. The Morgan fingerprint density at radius 3 is 3.06 bits per heavy atom. The summed E-state index contributed by atoms with van der Waals surface area (Å²) < 4.78 is 2.41. The third-order valence-corrected chi connectivity index (χ3v) is 4.48. The molecule has 2 rings (SSSR count). The van der Waals surface area contributed by atoms with Crippen LogP contribution >= 0.6 is 0 Å². The molecule has 0 spiro atoms. The van der Waals surface area contributed by atoms with Gasteiger partial charge in [0.2, 0.25) is 0 Å². The van der Waals surface area contributed by atoms with Gasteiger partial charge in [-0.2, -0.15) is 0 Å². The fourth-order valence-electron chi connectivity index (χ4n) is 2.80. The van der Waals surface area contributed by atoms with Crippen LogP contribution in [0.25, 0.3) is 0 Å². The predicted octanol–water partition coefficient (Wildman–Crippen LogP) is 2.55. The van der Waals surface area contributed by atoms with Crippen molar-refractivity contribution < 1.29 is 0 Å². The standard InChI is InChI=1S/C15H27N3/c1-4-12(2)17(3)10-11-18-9-8-13-14(16)6-5-7-15(13)18/h8-9,12,14H,4-7,10-11,16H2,1-3H3. The Balaban J connectivity index is 1.98. The molecule has 3 heteroatoms. The summed E-state index contributed by atoms with van der Waals surface area (Å²) in [6, 6.07) is 3.16. The molecule has 1 aliphatic rings.